The third-order valence-electron chi connectivity index (χ3n) is 9.07. The summed E-state index contributed by atoms with van der Waals surface area (Å²) in [4.78, 5) is 0. The van der Waals surface area contributed by atoms with E-state index in [2.05, 4.69) is 151 Å². The van der Waals surface area contributed by atoms with Crippen molar-refractivity contribution in [1.29, 1.82) is 0 Å². The minimum Gasteiger partial charge on any atom is -0.361 e. The number of anilines is 1. The fraction of sp³-hybridized carbons (Fsp3) is 0.0952. The molecule has 1 aliphatic heterocycles. The predicted molar refractivity (Wildman–Crippen MR) is 186 cm³/mol. The molecular weight excluding hydrogens is 518 g/mol. The van der Waals surface area contributed by atoms with Gasteiger partial charge in [-0.05, 0) is 116 Å². The molecular formula is C42H33N. The lowest BCUT2D eigenvalue weighted by molar-refractivity contribution is 0.911. The number of hydrogen-bond acceptors (Lipinski definition) is 1. The van der Waals surface area contributed by atoms with Crippen LogP contribution in [0.15, 0.2) is 128 Å². The SMILES string of the molecule is C1=Cc2c(c3c(c4cc(-c5ccc6c(c5)-c5ccccc5\C=C/C=C(c5ccccc5)\C=C\N6)ccc24)C=CCC3)CC1. The molecule has 2 aliphatic carbocycles. The van der Waals surface area contributed by atoms with Gasteiger partial charge in [0.05, 0.1) is 0 Å². The van der Waals surface area contributed by atoms with Crippen molar-refractivity contribution >= 4 is 40.3 Å². The van der Waals surface area contributed by atoms with Crippen molar-refractivity contribution in [2.75, 3.05) is 5.32 Å². The second-order valence-corrected chi connectivity index (χ2v) is 11.6. The molecule has 0 saturated carbocycles. The molecule has 1 heterocycles. The first-order valence-electron chi connectivity index (χ1n) is 15.4. The maximum atomic E-state index is 3.62. The van der Waals surface area contributed by atoms with Crippen LogP contribution in [0.1, 0.15) is 46.2 Å². The zero-order valence-corrected chi connectivity index (χ0v) is 24.2. The summed E-state index contributed by atoms with van der Waals surface area (Å²) in [5, 5.41) is 6.36. The average Bonchev–Trinajstić information content (AvgIpc) is 3.11. The molecule has 5 aromatic rings. The maximum Gasteiger partial charge on any atom is 0.0460 e. The van der Waals surface area contributed by atoms with E-state index in [1.165, 1.54) is 55.3 Å². The first-order valence-corrected chi connectivity index (χ1v) is 15.4. The van der Waals surface area contributed by atoms with Crippen molar-refractivity contribution < 1.29 is 0 Å². The summed E-state index contributed by atoms with van der Waals surface area (Å²) < 4.78 is 0. The molecule has 0 saturated heterocycles. The Labute approximate surface area is 253 Å². The topological polar surface area (TPSA) is 12.0 Å². The fourth-order valence-corrected chi connectivity index (χ4v) is 6.96. The summed E-state index contributed by atoms with van der Waals surface area (Å²) >= 11 is 0. The smallest absolute Gasteiger partial charge is 0.0460 e. The van der Waals surface area contributed by atoms with Crippen LogP contribution in [0.3, 0.4) is 0 Å². The highest BCUT2D eigenvalue weighted by Crippen LogP contribution is 2.41. The lowest BCUT2D eigenvalue weighted by atomic mass is 9.80. The molecule has 0 fully saturated rings. The van der Waals surface area contributed by atoms with E-state index in [0.717, 1.165) is 36.9 Å². The van der Waals surface area contributed by atoms with E-state index in [1.807, 2.05) is 0 Å². The van der Waals surface area contributed by atoms with Gasteiger partial charge in [0.15, 0.2) is 0 Å². The lowest BCUT2D eigenvalue weighted by Crippen LogP contribution is -2.07. The molecule has 1 nitrogen and oxygen atoms in total. The Balaban J connectivity index is 1.26. The van der Waals surface area contributed by atoms with Gasteiger partial charge in [-0.25, -0.2) is 0 Å². The van der Waals surface area contributed by atoms with E-state index in [4.69, 9.17) is 0 Å². The molecule has 0 atom stereocenters. The lowest BCUT2D eigenvalue weighted by Gasteiger charge is -2.24. The van der Waals surface area contributed by atoms with E-state index in [-0.39, 0.29) is 0 Å². The first kappa shape index (κ1) is 25.6. The fourth-order valence-electron chi connectivity index (χ4n) is 6.96. The molecule has 0 bridgehead atoms. The zero-order chi connectivity index (χ0) is 28.6. The second-order valence-electron chi connectivity index (χ2n) is 11.6. The van der Waals surface area contributed by atoms with Crippen molar-refractivity contribution in [2.24, 2.45) is 0 Å². The maximum absolute atomic E-state index is 3.62. The van der Waals surface area contributed by atoms with Crippen LogP contribution in [-0.2, 0) is 12.8 Å². The van der Waals surface area contributed by atoms with E-state index in [9.17, 15) is 0 Å². The van der Waals surface area contributed by atoms with Gasteiger partial charge >= 0.3 is 0 Å². The van der Waals surface area contributed by atoms with Gasteiger partial charge in [0.1, 0.15) is 0 Å². The monoisotopic (exact) mass is 551 g/mol. The Morgan fingerprint density at radius 2 is 1.26 bits per heavy atom. The zero-order valence-electron chi connectivity index (χ0n) is 24.2. The highest BCUT2D eigenvalue weighted by Gasteiger charge is 2.20. The number of benzene rings is 5. The largest absolute Gasteiger partial charge is 0.361 e. The molecule has 3 aliphatic rings. The number of hydrogen-bond donors (Lipinski definition) is 1. The molecule has 0 aromatic heterocycles. The van der Waals surface area contributed by atoms with E-state index < -0.39 is 0 Å². The van der Waals surface area contributed by atoms with Gasteiger partial charge in [-0.2, -0.15) is 0 Å². The average molecular weight is 552 g/mol. The van der Waals surface area contributed by atoms with Crippen molar-refractivity contribution in [1.82, 2.24) is 0 Å². The van der Waals surface area contributed by atoms with E-state index >= 15 is 0 Å². The van der Waals surface area contributed by atoms with Gasteiger partial charge in [0.25, 0.3) is 0 Å². The van der Waals surface area contributed by atoms with Crippen LogP contribution in [0.2, 0.25) is 0 Å². The van der Waals surface area contributed by atoms with Gasteiger partial charge in [0, 0.05) is 17.5 Å². The van der Waals surface area contributed by atoms with Gasteiger partial charge in [-0.15, -0.1) is 0 Å². The van der Waals surface area contributed by atoms with Gasteiger partial charge in [-0.1, -0.05) is 115 Å². The van der Waals surface area contributed by atoms with Gasteiger partial charge in [-0.3, -0.25) is 0 Å². The third kappa shape index (κ3) is 4.68. The van der Waals surface area contributed by atoms with Crippen LogP contribution in [-0.4, -0.2) is 0 Å². The minimum atomic E-state index is 1.09. The highest BCUT2D eigenvalue weighted by molar-refractivity contribution is 6.02. The normalized spacial score (nSPS) is 17.7. The summed E-state index contributed by atoms with van der Waals surface area (Å²) in [6.07, 6.45) is 24.8. The van der Waals surface area contributed by atoms with Crippen LogP contribution in [0, 0.1) is 0 Å². The number of rotatable bonds is 2. The third-order valence-corrected chi connectivity index (χ3v) is 9.07. The van der Waals surface area contributed by atoms with Crippen molar-refractivity contribution in [3.05, 3.63) is 161 Å². The number of fused-ring (bicyclic) bond motifs is 9. The Morgan fingerprint density at radius 1 is 0.535 bits per heavy atom. The van der Waals surface area contributed by atoms with Crippen molar-refractivity contribution in [2.45, 2.75) is 25.7 Å². The Kier molecular flexibility index (Phi) is 6.50. The summed E-state index contributed by atoms with van der Waals surface area (Å²) in [5.41, 5.74) is 15.5. The summed E-state index contributed by atoms with van der Waals surface area (Å²) in [7, 11) is 0. The van der Waals surface area contributed by atoms with Crippen LogP contribution in [0.25, 0.3) is 56.8 Å². The molecule has 8 rings (SSSR count). The molecule has 0 amide bonds. The summed E-state index contributed by atoms with van der Waals surface area (Å²) in [5.74, 6) is 0. The second kappa shape index (κ2) is 10.9. The summed E-state index contributed by atoms with van der Waals surface area (Å²) in [6.45, 7) is 0. The standard InChI is InChI=1S/C42H33N/c1-2-11-29(12-3-1)30-14-10-15-31-13-4-5-16-34(31)41-28-33(22-24-42(41)43-26-25-30)32-21-23-39-37-19-7-6-17-35(37)36-18-8-9-20-38(36)40(39)27-32/h1-5,7,9-16,19-28,43H,6,8,17-18H2/b15-10-,26-25+,30-14+. The molecule has 206 valence electrons. The van der Waals surface area contributed by atoms with Gasteiger partial charge in [0.2, 0.25) is 0 Å². The van der Waals surface area contributed by atoms with E-state index in [1.54, 1.807) is 11.1 Å². The molecule has 0 radical (unpaired) electrons. The first-order chi connectivity index (χ1) is 21.3. The van der Waals surface area contributed by atoms with Crippen molar-refractivity contribution in [3.8, 4) is 22.3 Å². The number of allylic oxidation sites excluding steroid dienone is 6. The minimum absolute atomic E-state index is 1.09. The Hall–Kier alpha value is -5.14. The molecule has 0 spiro atoms. The van der Waals surface area contributed by atoms with Crippen LogP contribution < -0.4 is 5.32 Å². The number of nitrogens with one attached hydrogen (secondary N) is 1. The molecule has 1 N–H and O–H groups in total. The van der Waals surface area contributed by atoms with Crippen LogP contribution in [0.5, 0.6) is 0 Å². The van der Waals surface area contributed by atoms with Crippen molar-refractivity contribution in [3.63, 3.8) is 0 Å². The van der Waals surface area contributed by atoms with Crippen LogP contribution >= 0.6 is 0 Å². The Bertz CT molecular complexity index is 2030. The molecule has 0 unspecified atom stereocenters. The Morgan fingerprint density at radius 3 is 2.09 bits per heavy atom. The highest BCUT2D eigenvalue weighted by atomic mass is 14.8. The van der Waals surface area contributed by atoms with Crippen LogP contribution in [0.4, 0.5) is 5.69 Å². The molecule has 5 aromatic carbocycles. The molecule has 1 heteroatoms. The van der Waals surface area contributed by atoms with Gasteiger partial charge < -0.3 is 5.32 Å². The predicted octanol–water partition coefficient (Wildman–Crippen LogP) is 11.1. The van der Waals surface area contributed by atoms with E-state index in [0.29, 0.717) is 0 Å². The quantitative estimate of drug-likeness (QED) is 0.230. The summed E-state index contributed by atoms with van der Waals surface area (Å²) in [6, 6.07) is 33.2. The molecule has 43 heavy (non-hydrogen) atoms.